The standard InChI is InChI=1S/C26H37N3O5/c1-24(2,3)18-9-11-26(12-10-18)22(31)29(23(32)28-26)16-20(30)27-13-14-33-19-8-6-7-17-15-25(4,5)34-21(17)19/h6-8,18H,9-16H2,1-5H3,(H,27,30)(H,28,32). The summed E-state index contributed by atoms with van der Waals surface area (Å²) in [7, 11) is 0. The van der Waals surface area contributed by atoms with Gasteiger partial charge in [0.05, 0.1) is 6.54 Å². The molecule has 2 aliphatic heterocycles. The second-order valence-corrected chi connectivity index (χ2v) is 11.5. The van der Waals surface area contributed by atoms with Crippen LogP contribution in [0.15, 0.2) is 18.2 Å². The normalized spacial score (nSPS) is 25.7. The van der Waals surface area contributed by atoms with E-state index >= 15 is 0 Å². The van der Waals surface area contributed by atoms with Crippen molar-refractivity contribution in [1.29, 1.82) is 0 Å². The molecule has 4 rings (SSSR count). The lowest BCUT2D eigenvalue weighted by Crippen LogP contribution is -2.51. The highest BCUT2D eigenvalue weighted by Crippen LogP contribution is 2.44. The Labute approximate surface area is 201 Å². The Hall–Kier alpha value is -2.77. The second-order valence-electron chi connectivity index (χ2n) is 11.5. The van der Waals surface area contributed by atoms with Crippen molar-refractivity contribution in [2.45, 2.75) is 77.9 Å². The van der Waals surface area contributed by atoms with E-state index in [0.29, 0.717) is 24.5 Å². The molecule has 0 radical (unpaired) electrons. The van der Waals surface area contributed by atoms with Crippen molar-refractivity contribution < 1.29 is 23.9 Å². The number of imide groups is 1. The Morgan fingerprint density at radius 3 is 2.62 bits per heavy atom. The number of nitrogens with zero attached hydrogens (tertiary/aromatic N) is 1. The van der Waals surface area contributed by atoms with Gasteiger partial charge in [0.1, 0.15) is 24.3 Å². The Bertz CT molecular complexity index is 973. The maximum absolute atomic E-state index is 13.1. The fraction of sp³-hybridized carbons (Fsp3) is 0.654. The molecule has 0 bridgehead atoms. The predicted molar refractivity (Wildman–Crippen MR) is 128 cm³/mol. The van der Waals surface area contributed by atoms with Crippen molar-refractivity contribution in [3.8, 4) is 11.5 Å². The number of para-hydroxylation sites is 1. The number of carbonyl (C=O) groups is 3. The fourth-order valence-electron chi connectivity index (χ4n) is 5.39. The molecule has 0 aromatic heterocycles. The summed E-state index contributed by atoms with van der Waals surface area (Å²) in [5.41, 5.74) is 0.165. The molecule has 1 aromatic rings. The van der Waals surface area contributed by atoms with Crippen LogP contribution in [0.5, 0.6) is 11.5 Å². The van der Waals surface area contributed by atoms with Gasteiger partial charge in [-0.3, -0.25) is 14.5 Å². The maximum Gasteiger partial charge on any atom is 0.325 e. The third-order valence-corrected chi connectivity index (χ3v) is 7.35. The van der Waals surface area contributed by atoms with Crippen molar-refractivity contribution >= 4 is 17.8 Å². The molecule has 1 saturated carbocycles. The molecular weight excluding hydrogens is 434 g/mol. The number of urea groups is 1. The van der Waals surface area contributed by atoms with Gasteiger partial charge in [-0.05, 0) is 56.9 Å². The van der Waals surface area contributed by atoms with E-state index in [-0.39, 0.29) is 42.5 Å². The molecule has 0 unspecified atom stereocenters. The van der Waals surface area contributed by atoms with Gasteiger partial charge in [-0.2, -0.15) is 0 Å². The molecule has 2 N–H and O–H groups in total. The molecular formula is C26H37N3O5. The van der Waals surface area contributed by atoms with Crippen LogP contribution in [0, 0.1) is 11.3 Å². The zero-order chi connectivity index (χ0) is 24.7. The minimum absolute atomic E-state index is 0.178. The van der Waals surface area contributed by atoms with Crippen LogP contribution in [0.3, 0.4) is 0 Å². The molecule has 1 saturated heterocycles. The molecule has 1 aromatic carbocycles. The van der Waals surface area contributed by atoms with E-state index in [1.54, 1.807) is 0 Å². The molecule has 8 nitrogen and oxygen atoms in total. The molecule has 34 heavy (non-hydrogen) atoms. The molecule has 2 heterocycles. The molecule has 1 spiro atoms. The second kappa shape index (κ2) is 8.78. The number of nitrogens with one attached hydrogen (secondary N) is 2. The molecule has 0 atom stereocenters. The van der Waals surface area contributed by atoms with E-state index in [9.17, 15) is 14.4 Å². The van der Waals surface area contributed by atoms with Gasteiger partial charge in [-0.1, -0.05) is 32.9 Å². The maximum atomic E-state index is 13.1. The average Bonchev–Trinajstić information content (AvgIpc) is 3.18. The van der Waals surface area contributed by atoms with Crippen molar-refractivity contribution in [3.05, 3.63) is 23.8 Å². The van der Waals surface area contributed by atoms with Crippen LogP contribution >= 0.6 is 0 Å². The van der Waals surface area contributed by atoms with Crippen LogP contribution in [-0.2, 0) is 16.0 Å². The summed E-state index contributed by atoms with van der Waals surface area (Å²) < 4.78 is 11.8. The average molecular weight is 472 g/mol. The summed E-state index contributed by atoms with van der Waals surface area (Å²) in [4.78, 5) is 39.1. The number of fused-ring (bicyclic) bond motifs is 1. The lowest BCUT2D eigenvalue weighted by Gasteiger charge is -2.40. The molecule has 1 aliphatic carbocycles. The Morgan fingerprint density at radius 2 is 1.94 bits per heavy atom. The van der Waals surface area contributed by atoms with Gasteiger partial charge in [-0.15, -0.1) is 0 Å². The first-order chi connectivity index (χ1) is 15.9. The van der Waals surface area contributed by atoms with Crippen LogP contribution in [0.2, 0.25) is 0 Å². The van der Waals surface area contributed by atoms with Gasteiger partial charge in [0.15, 0.2) is 11.5 Å². The van der Waals surface area contributed by atoms with Crippen molar-refractivity contribution in [2.75, 3.05) is 19.7 Å². The molecule has 8 heteroatoms. The van der Waals surface area contributed by atoms with E-state index in [2.05, 4.69) is 31.4 Å². The zero-order valence-electron chi connectivity index (χ0n) is 21.0. The van der Waals surface area contributed by atoms with Crippen LogP contribution < -0.4 is 20.1 Å². The Balaban J connectivity index is 1.25. The quantitative estimate of drug-likeness (QED) is 0.490. The molecule has 3 aliphatic rings. The monoisotopic (exact) mass is 471 g/mol. The molecule has 4 amide bonds. The summed E-state index contributed by atoms with van der Waals surface area (Å²) in [6.07, 6.45) is 3.83. The fourth-order valence-corrected chi connectivity index (χ4v) is 5.39. The summed E-state index contributed by atoms with van der Waals surface area (Å²) in [6.45, 7) is 10.9. The smallest absolute Gasteiger partial charge is 0.325 e. The third-order valence-electron chi connectivity index (χ3n) is 7.35. The lowest BCUT2D eigenvalue weighted by molar-refractivity contribution is -0.136. The van der Waals surface area contributed by atoms with E-state index in [4.69, 9.17) is 9.47 Å². The van der Waals surface area contributed by atoms with Crippen molar-refractivity contribution in [3.63, 3.8) is 0 Å². The number of hydrogen-bond acceptors (Lipinski definition) is 5. The highest BCUT2D eigenvalue weighted by molar-refractivity contribution is 6.09. The number of benzene rings is 1. The SMILES string of the molecule is CC1(C)Cc2cccc(OCCNC(=O)CN3C(=O)NC4(CCC(C(C)(C)C)CC4)C3=O)c2O1. The highest BCUT2D eigenvalue weighted by atomic mass is 16.5. The summed E-state index contributed by atoms with van der Waals surface area (Å²) in [5, 5.41) is 5.63. The van der Waals surface area contributed by atoms with Gasteiger partial charge in [0, 0.05) is 12.0 Å². The summed E-state index contributed by atoms with van der Waals surface area (Å²) in [5.74, 6) is 1.26. The van der Waals surface area contributed by atoms with Crippen molar-refractivity contribution in [1.82, 2.24) is 15.5 Å². The van der Waals surface area contributed by atoms with E-state index in [1.165, 1.54) is 0 Å². The summed E-state index contributed by atoms with van der Waals surface area (Å²) in [6, 6.07) is 5.33. The number of rotatable bonds is 6. The third kappa shape index (κ3) is 4.86. The summed E-state index contributed by atoms with van der Waals surface area (Å²) >= 11 is 0. The number of ether oxygens (including phenoxy) is 2. The number of carbonyl (C=O) groups excluding carboxylic acids is 3. The first-order valence-corrected chi connectivity index (χ1v) is 12.2. The number of amides is 4. The topological polar surface area (TPSA) is 97.0 Å². The van der Waals surface area contributed by atoms with E-state index in [0.717, 1.165) is 35.5 Å². The van der Waals surface area contributed by atoms with Gasteiger partial charge in [-0.25, -0.2) is 4.79 Å². The first-order valence-electron chi connectivity index (χ1n) is 12.2. The zero-order valence-corrected chi connectivity index (χ0v) is 21.0. The van der Waals surface area contributed by atoms with Gasteiger partial charge in [0.2, 0.25) is 5.91 Å². The first kappa shape index (κ1) is 24.4. The predicted octanol–water partition coefficient (Wildman–Crippen LogP) is 3.42. The number of hydrogen-bond donors (Lipinski definition) is 2. The van der Waals surface area contributed by atoms with Crippen molar-refractivity contribution in [2.24, 2.45) is 11.3 Å². The molecule has 2 fully saturated rings. The highest BCUT2D eigenvalue weighted by Gasteiger charge is 2.53. The van der Waals surface area contributed by atoms with E-state index in [1.807, 2.05) is 32.0 Å². The van der Waals surface area contributed by atoms with Crippen LogP contribution in [-0.4, -0.2) is 53.6 Å². The Morgan fingerprint density at radius 1 is 1.24 bits per heavy atom. The Kier molecular flexibility index (Phi) is 6.29. The lowest BCUT2D eigenvalue weighted by atomic mass is 9.67. The van der Waals surface area contributed by atoms with Gasteiger partial charge >= 0.3 is 6.03 Å². The molecule has 186 valence electrons. The van der Waals surface area contributed by atoms with Gasteiger partial charge in [0.25, 0.3) is 5.91 Å². The van der Waals surface area contributed by atoms with Crippen LogP contribution in [0.1, 0.15) is 65.9 Å². The van der Waals surface area contributed by atoms with Crippen LogP contribution in [0.25, 0.3) is 0 Å². The van der Waals surface area contributed by atoms with Crippen LogP contribution in [0.4, 0.5) is 4.79 Å². The van der Waals surface area contributed by atoms with Gasteiger partial charge < -0.3 is 20.1 Å². The largest absolute Gasteiger partial charge is 0.488 e. The van der Waals surface area contributed by atoms with E-state index < -0.39 is 11.6 Å². The minimum atomic E-state index is -0.857. The minimum Gasteiger partial charge on any atom is -0.488 e.